The van der Waals surface area contributed by atoms with Gasteiger partial charge in [-0.25, -0.2) is 9.18 Å². The van der Waals surface area contributed by atoms with Crippen molar-refractivity contribution in [1.29, 1.82) is 0 Å². The number of hydrogen-bond donors (Lipinski definition) is 1. The smallest absolute Gasteiger partial charge is 0.339 e. The molecule has 0 atom stereocenters. The lowest BCUT2D eigenvalue weighted by atomic mass is 10.3. The third kappa shape index (κ3) is 1.12. The fourth-order valence-electron chi connectivity index (χ4n) is 0.464. The van der Waals surface area contributed by atoms with E-state index in [4.69, 9.17) is 16.7 Å². The molecule has 2 nitrogen and oxygen atoms in total. The standard InChI is InChI=1S/C5H2ClFO2S/c6-4-3(7)2(1-10-4)5(8)9/h1H,(H,8,9). The van der Waals surface area contributed by atoms with Gasteiger partial charge in [0.05, 0.1) is 0 Å². The molecule has 0 radical (unpaired) electrons. The molecule has 0 aliphatic carbocycles. The zero-order valence-electron chi connectivity index (χ0n) is 4.60. The van der Waals surface area contributed by atoms with Gasteiger partial charge in [0.1, 0.15) is 9.90 Å². The number of aromatic carboxylic acids is 1. The molecule has 5 heteroatoms. The first-order valence-electron chi connectivity index (χ1n) is 2.28. The molecule has 1 N–H and O–H groups in total. The molecule has 1 aromatic rings. The van der Waals surface area contributed by atoms with E-state index in [2.05, 4.69) is 0 Å². The molecule has 54 valence electrons. The molecule has 10 heavy (non-hydrogen) atoms. The second-order valence-electron chi connectivity index (χ2n) is 1.54. The Morgan fingerprint density at radius 3 is 2.60 bits per heavy atom. The summed E-state index contributed by atoms with van der Waals surface area (Å²) in [5, 5.41) is 9.45. The summed E-state index contributed by atoms with van der Waals surface area (Å²) in [5.41, 5.74) is -0.366. The van der Waals surface area contributed by atoms with Gasteiger partial charge in [0.15, 0.2) is 5.82 Å². The molecule has 0 bridgehead atoms. The molecule has 0 fully saturated rings. The number of halogens is 2. The average Bonchev–Trinajstić information content (AvgIpc) is 2.14. The number of rotatable bonds is 1. The summed E-state index contributed by atoms with van der Waals surface area (Å²) in [6.07, 6.45) is 0. The van der Waals surface area contributed by atoms with Gasteiger partial charge in [0.2, 0.25) is 0 Å². The van der Waals surface area contributed by atoms with Crippen LogP contribution in [0.2, 0.25) is 4.34 Å². The minimum Gasteiger partial charge on any atom is -0.478 e. The first-order chi connectivity index (χ1) is 4.63. The first-order valence-corrected chi connectivity index (χ1v) is 3.54. The van der Waals surface area contributed by atoms with Crippen molar-refractivity contribution in [2.45, 2.75) is 0 Å². The molecule has 0 unspecified atom stereocenters. The van der Waals surface area contributed by atoms with Crippen LogP contribution in [0.3, 0.4) is 0 Å². The molecule has 1 aromatic heterocycles. The van der Waals surface area contributed by atoms with Gasteiger partial charge in [-0.1, -0.05) is 11.6 Å². The third-order valence-electron chi connectivity index (χ3n) is 0.920. The summed E-state index contributed by atoms with van der Waals surface area (Å²) in [7, 11) is 0. The highest BCUT2D eigenvalue weighted by Crippen LogP contribution is 2.25. The Morgan fingerprint density at radius 1 is 1.80 bits per heavy atom. The molecule has 0 aliphatic heterocycles. The third-order valence-corrected chi connectivity index (χ3v) is 2.09. The first kappa shape index (κ1) is 7.50. The molecule has 0 saturated heterocycles. The summed E-state index contributed by atoms with van der Waals surface area (Å²) in [5.74, 6) is -2.14. The summed E-state index contributed by atoms with van der Waals surface area (Å²) >= 11 is 6.12. The molecule has 0 aliphatic rings. The van der Waals surface area contributed by atoms with Crippen molar-refractivity contribution in [3.8, 4) is 0 Å². The maximum Gasteiger partial charge on any atom is 0.339 e. The summed E-state index contributed by atoms with van der Waals surface area (Å²) in [4.78, 5) is 10.1. The van der Waals surface area contributed by atoms with Crippen LogP contribution in [0.15, 0.2) is 5.38 Å². The lowest BCUT2D eigenvalue weighted by molar-refractivity contribution is 0.0692. The summed E-state index contributed by atoms with van der Waals surface area (Å²) in [6.45, 7) is 0. The van der Waals surface area contributed by atoms with Gasteiger partial charge < -0.3 is 5.11 Å². The van der Waals surface area contributed by atoms with E-state index in [0.29, 0.717) is 0 Å². The van der Waals surface area contributed by atoms with Crippen LogP contribution >= 0.6 is 22.9 Å². The molecule has 1 heterocycles. The normalized spacial score (nSPS) is 9.80. The molecule has 0 saturated carbocycles. The quantitative estimate of drug-likeness (QED) is 0.720. The van der Waals surface area contributed by atoms with Crippen LogP contribution < -0.4 is 0 Å². The Labute approximate surface area is 64.9 Å². The Kier molecular flexibility index (Phi) is 1.92. The average molecular weight is 181 g/mol. The summed E-state index contributed by atoms with van der Waals surface area (Å²) < 4.78 is 12.4. The lowest BCUT2D eigenvalue weighted by Gasteiger charge is -1.85. The maximum absolute atomic E-state index is 12.5. The second kappa shape index (κ2) is 2.56. The van der Waals surface area contributed by atoms with Gasteiger partial charge in [-0.15, -0.1) is 11.3 Å². The zero-order valence-corrected chi connectivity index (χ0v) is 6.17. The van der Waals surface area contributed by atoms with Crippen LogP contribution in [-0.4, -0.2) is 11.1 Å². The number of hydrogen-bond acceptors (Lipinski definition) is 2. The van der Waals surface area contributed by atoms with E-state index in [-0.39, 0.29) is 9.90 Å². The van der Waals surface area contributed by atoms with Gasteiger partial charge in [-0.05, 0) is 0 Å². The number of carboxylic acids is 1. The Morgan fingerprint density at radius 2 is 2.40 bits per heavy atom. The molecule has 0 aromatic carbocycles. The Balaban J connectivity index is 3.17. The van der Waals surface area contributed by atoms with Crippen molar-refractivity contribution < 1.29 is 14.3 Å². The van der Waals surface area contributed by atoms with Crippen LogP contribution in [0.1, 0.15) is 10.4 Å². The van der Waals surface area contributed by atoms with E-state index < -0.39 is 11.8 Å². The van der Waals surface area contributed by atoms with E-state index in [1.807, 2.05) is 0 Å². The molecular formula is C5H2ClFO2S. The fourth-order valence-corrected chi connectivity index (χ4v) is 1.34. The highest BCUT2D eigenvalue weighted by atomic mass is 35.5. The van der Waals surface area contributed by atoms with Crippen molar-refractivity contribution in [2.75, 3.05) is 0 Å². The van der Waals surface area contributed by atoms with Crippen LogP contribution in [0.4, 0.5) is 4.39 Å². The van der Waals surface area contributed by atoms with Crippen molar-refractivity contribution in [1.82, 2.24) is 0 Å². The van der Waals surface area contributed by atoms with Crippen LogP contribution in [0, 0.1) is 5.82 Å². The second-order valence-corrected chi connectivity index (χ2v) is 3.02. The van der Waals surface area contributed by atoms with E-state index >= 15 is 0 Å². The van der Waals surface area contributed by atoms with Gasteiger partial charge in [-0.2, -0.15) is 0 Å². The maximum atomic E-state index is 12.5. The van der Waals surface area contributed by atoms with Crippen molar-refractivity contribution in [3.63, 3.8) is 0 Å². The Bertz CT molecular complexity index is 271. The molecular weight excluding hydrogens is 179 g/mol. The van der Waals surface area contributed by atoms with Crippen LogP contribution in [-0.2, 0) is 0 Å². The predicted molar refractivity (Wildman–Crippen MR) is 36.2 cm³/mol. The van der Waals surface area contributed by atoms with Gasteiger partial charge in [0, 0.05) is 5.38 Å². The fraction of sp³-hybridized carbons (Fsp3) is 0. The number of thiophene rings is 1. The van der Waals surface area contributed by atoms with E-state index in [1.165, 1.54) is 5.38 Å². The molecule has 0 amide bonds. The van der Waals surface area contributed by atoms with Crippen molar-refractivity contribution in [3.05, 3.63) is 21.1 Å². The lowest BCUT2D eigenvalue weighted by Crippen LogP contribution is -1.95. The van der Waals surface area contributed by atoms with Crippen LogP contribution in [0.25, 0.3) is 0 Å². The van der Waals surface area contributed by atoms with Crippen molar-refractivity contribution >= 4 is 28.9 Å². The predicted octanol–water partition coefficient (Wildman–Crippen LogP) is 2.24. The zero-order chi connectivity index (χ0) is 7.72. The van der Waals surface area contributed by atoms with Gasteiger partial charge in [-0.3, -0.25) is 0 Å². The topological polar surface area (TPSA) is 37.3 Å². The molecule has 1 rings (SSSR count). The summed E-state index contributed by atoms with van der Waals surface area (Å²) in [6, 6.07) is 0. The van der Waals surface area contributed by atoms with Crippen LogP contribution in [0.5, 0.6) is 0 Å². The van der Waals surface area contributed by atoms with E-state index in [1.54, 1.807) is 0 Å². The van der Waals surface area contributed by atoms with E-state index in [9.17, 15) is 9.18 Å². The highest BCUT2D eigenvalue weighted by molar-refractivity contribution is 7.14. The van der Waals surface area contributed by atoms with Gasteiger partial charge >= 0.3 is 5.97 Å². The van der Waals surface area contributed by atoms with Crippen molar-refractivity contribution in [2.24, 2.45) is 0 Å². The monoisotopic (exact) mass is 180 g/mol. The molecule has 0 spiro atoms. The van der Waals surface area contributed by atoms with E-state index in [0.717, 1.165) is 11.3 Å². The highest BCUT2D eigenvalue weighted by Gasteiger charge is 2.14. The largest absolute Gasteiger partial charge is 0.478 e. The van der Waals surface area contributed by atoms with Gasteiger partial charge in [0.25, 0.3) is 0 Å². The number of carboxylic acid groups (broad SMARTS) is 1. The Hall–Kier alpha value is -0.610. The number of carbonyl (C=O) groups is 1. The minimum absolute atomic E-state index is 0.114. The minimum atomic E-state index is -1.29. The SMILES string of the molecule is O=C(O)c1csc(Cl)c1F.